The van der Waals surface area contributed by atoms with Crippen LogP contribution in [0.5, 0.6) is 0 Å². The lowest BCUT2D eigenvalue weighted by Crippen LogP contribution is -1.99. The molecule has 0 aliphatic carbocycles. The number of rotatable bonds is 5. The maximum Gasteiger partial charge on any atom is 0.136 e. The van der Waals surface area contributed by atoms with E-state index in [4.69, 9.17) is 0 Å². The van der Waals surface area contributed by atoms with E-state index in [1.165, 1.54) is 5.56 Å². The van der Waals surface area contributed by atoms with Gasteiger partial charge in [0.15, 0.2) is 0 Å². The summed E-state index contributed by atoms with van der Waals surface area (Å²) >= 11 is 0. The number of ketones is 1. The van der Waals surface area contributed by atoms with Gasteiger partial charge in [-0.3, -0.25) is 4.79 Å². The summed E-state index contributed by atoms with van der Waals surface area (Å²) in [5.41, 5.74) is 4.89. The minimum Gasteiger partial charge on any atom is -0.299 e. The highest BCUT2D eigenvalue weighted by Crippen LogP contribution is 2.16. The van der Waals surface area contributed by atoms with Gasteiger partial charge in [0.2, 0.25) is 0 Å². The molecule has 1 heterocycles. The Bertz CT molecular complexity index is 803. The molecule has 4 nitrogen and oxygen atoms in total. The van der Waals surface area contributed by atoms with Crippen LogP contribution >= 0.6 is 0 Å². The van der Waals surface area contributed by atoms with Gasteiger partial charge in [-0.1, -0.05) is 32.0 Å². The maximum absolute atomic E-state index is 11.6. The van der Waals surface area contributed by atoms with Crippen LogP contribution in [-0.4, -0.2) is 20.8 Å². The molecule has 0 bridgehead atoms. The molecule has 0 spiro atoms. The molecule has 0 amide bonds. The third-order valence-corrected chi connectivity index (χ3v) is 3.82. The van der Waals surface area contributed by atoms with Crippen molar-refractivity contribution in [3.05, 3.63) is 53.6 Å². The molecule has 0 saturated carbocycles. The summed E-state index contributed by atoms with van der Waals surface area (Å²) in [6.45, 7) is 4.02. The molecule has 0 unspecified atom stereocenters. The second-order valence-electron chi connectivity index (χ2n) is 5.40. The molecule has 0 fully saturated rings. The third kappa shape index (κ3) is 2.91. The van der Waals surface area contributed by atoms with Gasteiger partial charge in [-0.15, -0.1) is 10.2 Å². The summed E-state index contributed by atoms with van der Waals surface area (Å²) in [4.78, 5) is 13.2. The molecule has 0 atom stereocenters. The van der Waals surface area contributed by atoms with Gasteiger partial charge in [0.25, 0.3) is 0 Å². The lowest BCUT2D eigenvalue weighted by atomic mass is 10.1. The number of carbonyl (C=O) groups is 1. The van der Waals surface area contributed by atoms with Gasteiger partial charge >= 0.3 is 0 Å². The molecule has 0 aliphatic heterocycles. The highest BCUT2D eigenvalue weighted by atomic mass is 16.1. The normalized spacial score (nSPS) is 11.0. The molecule has 4 heteroatoms. The first-order valence-corrected chi connectivity index (χ1v) is 7.66. The van der Waals surface area contributed by atoms with Crippen molar-refractivity contribution < 1.29 is 4.79 Å². The fourth-order valence-electron chi connectivity index (χ4n) is 2.40. The number of nitrogens with zero attached hydrogens (tertiary/aromatic N) is 3. The summed E-state index contributed by atoms with van der Waals surface area (Å²) in [7, 11) is 0. The van der Waals surface area contributed by atoms with Crippen LogP contribution in [-0.2, 0) is 17.6 Å². The fourth-order valence-corrected chi connectivity index (χ4v) is 2.40. The van der Waals surface area contributed by atoms with E-state index in [0.717, 1.165) is 28.7 Å². The quantitative estimate of drug-likeness (QED) is 0.723. The first-order chi connectivity index (χ1) is 10.7. The van der Waals surface area contributed by atoms with Crippen LogP contribution < -0.4 is 0 Å². The van der Waals surface area contributed by atoms with Gasteiger partial charge in [-0.05, 0) is 41.8 Å². The van der Waals surface area contributed by atoms with E-state index in [-0.39, 0.29) is 5.78 Å². The lowest BCUT2D eigenvalue weighted by molar-refractivity contribution is -0.118. The minimum absolute atomic E-state index is 0.238. The van der Waals surface area contributed by atoms with Crippen molar-refractivity contribution in [1.29, 1.82) is 0 Å². The summed E-state index contributed by atoms with van der Waals surface area (Å²) < 4.78 is 0. The van der Waals surface area contributed by atoms with Crippen LogP contribution in [0.1, 0.15) is 31.4 Å². The first kappa shape index (κ1) is 14.4. The Labute approximate surface area is 129 Å². The number of hydrogen-bond acceptors (Lipinski definition) is 3. The second kappa shape index (κ2) is 6.10. The Kier molecular flexibility index (Phi) is 4.00. The SMILES string of the molecule is CCC(=O)Cc1ccc2nn(-c3ccc(CC)cc3)nc2c1. The number of hydrogen-bond donors (Lipinski definition) is 0. The molecule has 112 valence electrons. The number of aryl methyl sites for hydroxylation is 1. The Morgan fingerprint density at radius 2 is 1.64 bits per heavy atom. The summed E-state index contributed by atoms with van der Waals surface area (Å²) in [5, 5.41) is 9.03. The van der Waals surface area contributed by atoms with Crippen molar-refractivity contribution in [2.24, 2.45) is 0 Å². The first-order valence-electron chi connectivity index (χ1n) is 7.66. The average Bonchev–Trinajstić information content (AvgIpc) is 2.98. The van der Waals surface area contributed by atoms with Crippen molar-refractivity contribution in [2.75, 3.05) is 0 Å². The number of benzene rings is 2. The van der Waals surface area contributed by atoms with Crippen molar-refractivity contribution in [3.63, 3.8) is 0 Å². The molecule has 1 aromatic heterocycles. The topological polar surface area (TPSA) is 47.8 Å². The van der Waals surface area contributed by atoms with E-state index in [1.54, 1.807) is 4.80 Å². The monoisotopic (exact) mass is 293 g/mol. The van der Waals surface area contributed by atoms with E-state index in [2.05, 4.69) is 29.3 Å². The molecule has 0 radical (unpaired) electrons. The maximum atomic E-state index is 11.6. The molecule has 22 heavy (non-hydrogen) atoms. The fraction of sp³-hybridized carbons (Fsp3) is 0.278. The van der Waals surface area contributed by atoms with E-state index in [1.807, 2.05) is 37.3 Å². The molecule has 0 aliphatic rings. The molecule has 2 aromatic carbocycles. The zero-order chi connectivity index (χ0) is 15.5. The Hall–Kier alpha value is -2.49. The standard InChI is InChI=1S/C18H19N3O/c1-3-13-5-8-15(9-6-13)21-19-17-10-7-14(11-16(22)4-2)12-18(17)20-21/h5-10,12H,3-4,11H2,1-2H3. The van der Waals surface area contributed by atoms with Gasteiger partial charge in [0, 0.05) is 12.8 Å². The van der Waals surface area contributed by atoms with E-state index < -0.39 is 0 Å². The molecule has 3 rings (SSSR count). The highest BCUT2D eigenvalue weighted by Gasteiger charge is 2.07. The Morgan fingerprint density at radius 1 is 0.955 bits per heavy atom. The third-order valence-electron chi connectivity index (χ3n) is 3.82. The zero-order valence-electron chi connectivity index (χ0n) is 12.9. The number of carbonyl (C=O) groups excluding carboxylic acids is 1. The Morgan fingerprint density at radius 3 is 2.32 bits per heavy atom. The van der Waals surface area contributed by atoms with E-state index in [0.29, 0.717) is 12.8 Å². The molecular formula is C18H19N3O. The second-order valence-corrected chi connectivity index (χ2v) is 5.40. The predicted molar refractivity (Wildman–Crippen MR) is 87.2 cm³/mol. The van der Waals surface area contributed by atoms with E-state index >= 15 is 0 Å². The van der Waals surface area contributed by atoms with Crippen LogP contribution in [0.25, 0.3) is 16.7 Å². The number of aromatic nitrogens is 3. The van der Waals surface area contributed by atoms with Crippen molar-refractivity contribution in [2.45, 2.75) is 33.1 Å². The van der Waals surface area contributed by atoms with Crippen LogP contribution in [0.2, 0.25) is 0 Å². The van der Waals surface area contributed by atoms with Gasteiger partial charge in [0.05, 0.1) is 5.69 Å². The zero-order valence-corrected chi connectivity index (χ0v) is 12.9. The smallest absolute Gasteiger partial charge is 0.136 e. The van der Waals surface area contributed by atoms with Crippen LogP contribution in [0.4, 0.5) is 0 Å². The largest absolute Gasteiger partial charge is 0.299 e. The van der Waals surface area contributed by atoms with Crippen LogP contribution in [0, 0.1) is 0 Å². The number of fused-ring (bicyclic) bond motifs is 1. The van der Waals surface area contributed by atoms with Crippen molar-refractivity contribution in [1.82, 2.24) is 15.0 Å². The van der Waals surface area contributed by atoms with Gasteiger partial charge in [-0.25, -0.2) is 0 Å². The molecular weight excluding hydrogens is 274 g/mol. The Balaban J connectivity index is 1.93. The summed E-state index contributed by atoms with van der Waals surface area (Å²) in [6, 6.07) is 14.1. The molecule has 0 saturated heterocycles. The highest BCUT2D eigenvalue weighted by molar-refractivity contribution is 5.82. The molecule has 3 aromatic rings. The summed E-state index contributed by atoms with van der Waals surface area (Å²) in [6.07, 6.45) is 2.04. The van der Waals surface area contributed by atoms with Gasteiger partial charge in [-0.2, -0.15) is 4.80 Å². The van der Waals surface area contributed by atoms with Crippen LogP contribution in [0.3, 0.4) is 0 Å². The summed E-state index contributed by atoms with van der Waals surface area (Å²) in [5.74, 6) is 0.238. The van der Waals surface area contributed by atoms with Crippen LogP contribution in [0.15, 0.2) is 42.5 Å². The van der Waals surface area contributed by atoms with E-state index in [9.17, 15) is 4.79 Å². The lowest BCUT2D eigenvalue weighted by Gasteiger charge is -2.00. The minimum atomic E-state index is 0.238. The predicted octanol–water partition coefficient (Wildman–Crippen LogP) is 3.50. The van der Waals surface area contributed by atoms with Crippen molar-refractivity contribution >= 4 is 16.8 Å². The molecule has 0 N–H and O–H groups in total. The number of Topliss-reactive ketones (excluding diaryl/α,β-unsaturated/α-hetero) is 1. The van der Waals surface area contributed by atoms with Gasteiger partial charge in [0.1, 0.15) is 16.8 Å². The average molecular weight is 293 g/mol. The van der Waals surface area contributed by atoms with Gasteiger partial charge < -0.3 is 0 Å². The van der Waals surface area contributed by atoms with Crippen molar-refractivity contribution in [3.8, 4) is 5.69 Å².